The zero-order valence-electron chi connectivity index (χ0n) is 49.9. The topological polar surface area (TPSA) is 220 Å². The van der Waals surface area contributed by atoms with Crippen LogP contribution in [-0.2, 0) is 33.5 Å². The number of hydrogen-bond donors (Lipinski definition) is 0. The zero-order chi connectivity index (χ0) is 61.5. The van der Waals surface area contributed by atoms with Gasteiger partial charge in [0.05, 0.1) is 91.4 Å². The molecule has 0 spiro atoms. The van der Waals surface area contributed by atoms with Crippen LogP contribution in [0.4, 0.5) is 30.5 Å². The molecule has 6 aliphatic heterocycles. The number of pyridine rings is 3. The minimum absolute atomic E-state index is 0.0103. The summed E-state index contributed by atoms with van der Waals surface area (Å²) in [6.07, 6.45) is 10.7. The average Bonchev–Trinajstić information content (AvgIpc) is 1.18. The second kappa shape index (κ2) is 28.1. The second-order valence-corrected chi connectivity index (χ2v) is 25.0. The number of ether oxygens (including phenoxy) is 6. The van der Waals surface area contributed by atoms with Gasteiger partial charge in [0.25, 0.3) is 0 Å². The maximum Gasteiger partial charge on any atom is 0.218 e. The molecule has 0 bridgehead atoms. The van der Waals surface area contributed by atoms with E-state index in [4.69, 9.17) is 43.4 Å². The number of halogens is 3. The van der Waals surface area contributed by atoms with Crippen molar-refractivity contribution in [3.63, 3.8) is 0 Å². The van der Waals surface area contributed by atoms with Crippen molar-refractivity contribution >= 4 is 51.3 Å². The molecule has 15 heterocycles. The lowest BCUT2D eigenvalue weighted by Gasteiger charge is -2.36. The van der Waals surface area contributed by atoms with Crippen molar-refractivity contribution in [1.82, 2.24) is 59.8 Å². The van der Waals surface area contributed by atoms with Crippen molar-refractivity contribution in [1.29, 1.82) is 0 Å². The van der Waals surface area contributed by atoms with Crippen LogP contribution >= 0.6 is 34.0 Å². The molecule has 90 heavy (non-hydrogen) atoms. The van der Waals surface area contributed by atoms with Crippen LogP contribution in [0, 0.1) is 35.5 Å². The van der Waals surface area contributed by atoms with Crippen LogP contribution in [0.5, 0.6) is 17.5 Å². The molecule has 6 unspecified atom stereocenters. The number of rotatable bonds is 15. The molecule has 3 fully saturated rings. The van der Waals surface area contributed by atoms with Gasteiger partial charge in [0.2, 0.25) is 23.7 Å². The molecule has 0 aliphatic carbocycles. The maximum atomic E-state index is 14.3. The summed E-state index contributed by atoms with van der Waals surface area (Å²) < 4.78 is 76.3. The molecule has 468 valence electrons. The minimum Gasteiger partial charge on any atom is -0.493 e. The highest BCUT2D eigenvalue weighted by molar-refractivity contribution is 7.08. The van der Waals surface area contributed by atoms with Gasteiger partial charge in [0.1, 0.15) is 40.3 Å². The Bertz CT molecular complexity index is 3470. The fourth-order valence-corrected chi connectivity index (χ4v) is 13.4. The molecule has 0 amide bonds. The lowest BCUT2D eigenvalue weighted by atomic mass is 9.99. The van der Waals surface area contributed by atoms with Crippen LogP contribution < -0.4 is 28.9 Å². The number of aromatic nitrogens is 12. The first-order valence-electron chi connectivity index (χ1n) is 30.2. The van der Waals surface area contributed by atoms with Gasteiger partial charge >= 0.3 is 0 Å². The number of anilines is 3. The van der Waals surface area contributed by atoms with Gasteiger partial charge in [-0.3, -0.25) is 0 Å². The van der Waals surface area contributed by atoms with Crippen LogP contribution in [0.1, 0.15) is 91.9 Å². The molecular weight excluding hydrogens is 1220 g/mol. The summed E-state index contributed by atoms with van der Waals surface area (Å²) in [5.41, 5.74) is 14.6. The lowest BCUT2D eigenvalue weighted by Crippen LogP contribution is -2.35. The fourth-order valence-electron chi connectivity index (χ4n) is 11.8. The van der Waals surface area contributed by atoms with Crippen LogP contribution in [0.3, 0.4) is 0 Å². The summed E-state index contributed by atoms with van der Waals surface area (Å²) in [6, 6.07) is 9.17. The van der Waals surface area contributed by atoms with Crippen LogP contribution in [0.25, 0.3) is 34.6 Å². The zero-order valence-corrected chi connectivity index (χ0v) is 52.3. The summed E-state index contributed by atoms with van der Waals surface area (Å²) in [6.45, 7) is 14.2. The SMILES string of the molecule is CC1c2cnc(-c3cscn3)nc2CCN1c1cc(F)cc(OCC2CCOC2)n1.CC1c2cnc(-c3cscn3)nc2CCN1c1cc(F)nc(OCC2CCOC2)c1.CC1c2cnc(-c3cscn3)nc2CCN1c1cc(OCC2CCOC2)cc(F)n1. The van der Waals surface area contributed by atoms with Gasteiger partial charge in [-0.2, -0.15) is 18.7 Å². The Hall–Kier alpha value is -7.95. The molecule has 0 saturated carbocycles. The van der Waals surface area contributed by atoms with E-state index >= 15 is 0 Å². The lowest BCUT2D eigenvalue weighted by molar-refractivity contribution is 0.165. The third-order valence-electron chi connectivity index (χ3n) is 16.9. The summed E-state index contributed by atoms with van der Waals surface area (Å²) in [5.74, 6) is 3.77. The molecule has 6 atom stereocenters. The highest BCUT2D eigenvalue weighted by Crippen LogP contribution is 2.38. The van der Waals surface area contributed by atoms with Crippen molar-refractivity contribution in [2.24, 2.45) is 17.8 Å². The molecule has 0 radical (unpaired) electrons. The number of thiazole rings is 3. The Balaban J connectivity index is 0.000000124. The summed E-state index contributed by atoms with van der Waals surface area (Å²) in [4.78, 5) is 59.4. The van der Waals surface area contributed by atoms with E-state index in [0.29, 0.717) is 117 Å². The maximum absolute atomic E-state index is 14.3. The highest BCUT2D eigenvalue weighted by atomic mass is 32.1. The van der Waals surface area contributed by atoms with Gasteiger partial charge in [-0.25, -0.2) is 54.2 Å². The molecule has 3 saturated heterocycles. The predicted molar refractivity (Wildman–Crippen MR) is 334 cm³/mol. The van der Waals surface area contributed by atoms with Crippen molar-refractivity contribution in [2.75, 3.05) is 93.8 Å². The first-order chi connectivity index (χ1) is 44.0. The van der Waals surface area contributed by atoms with Gasteiger partial charge < -0.3 is 43.1 Å². The van der Waals surface area contributed by atoms with E-state index in [9.17, 15) is 13.2 Å². The van der Waals surface area contributed by atoms with E-state index in [1.54, 1.807) is 16.5 Å². The largest absolute Gasteiger partial charge is 0.493 e. The quantitative estimate of drug-likeness (QED) is 0.0871. The van der Waals surface area contributed by atoms with Gasteiger partial charge in [0, 0.05) is 170 Å². The molecule has 9 aromatic heterocycles. The molecule has 27 heteroatoms. The Morgan fingerprint density at radius 2 is 0.900 bits per heavy atom. The smallest absolute Gasteiger partial charge is 0.218 e. The number of fused-ring (bicyclic) bond motifs is 3. The van der Waals surface area contributed by atoms with E-state index in [1.165, 1.54) is 58.3 Å². The normalized spacial score (nSPS) is 20.9. The molecule has 0 aromatic carbocycles. The van der Waals surface area contributed by atoms with E-state index in [-0.39, 0.29) is 23.9 Å². The van der Waals surface area contributed by atoms with Gasteiger partial charge in [-0.1, -0.05) is 0 Å². The third-order valence-corrected chi connectivity index (χ3v) is 18.6. The van der Waals surface area contributed by atoms with Gasteiger partial charge in [-0.05, 0) is 40.0 Å². The Morgan fingerprint density at radius 3 is 1.36 bits per heavy atom. The Kier molecular flexibility index (Phi) is 19.0. The Morgan fingerprint density at radius 1 is 0.467 bits per heavy atom. The van der Waals surface area contributed by atoms with E-state index in [0.717, 1.165) is 121 Å². The summed E-state index contributed by atoms with van der Waals surface area (Å²) in [5, 5.41) is 5.83. The molecule has 6 aliphatic rings. The monoisotopic (exact) mass is 1280 g/mol. The van der Waals surface area contributed by atoms with Crippen LogP contribution in [-0.4, -0.2) is 139 Å². The molecule has 9 aromatic rings. The van der Waals surface area contributed by atoms with E-state index < -0.39 is 11.9 Å². The minimum atomic E-state index is -0.543. The predicted octanol–water partition coefficient (Wildman–Crippen LogP) is 11.0. The number of hydrogen-bond acceptors (Lipinski definition) is 24. The Labute approximate surface area is 530 Å². The standard InChI is InChI=1S/3C21H22FN5O2S/c1-13-16-8-23-21(18-11-30-12-24-18)25-17(16)2-4-27(13)20-7-15(6-19(22)26-20)29-10-14-3-5-28-9-14;1-13-16-8-23-21(18-11-30-12-24-18)25-17(16)2-4-27(13)15-6-19(22)26-20(7-15)29-10-14-3-5-28-9-14;1-13-16-8-23-21(18-11-30-12-24-18)25-17(16)2-4-27(13)19-6-15(22)7-20(26-19)29-10-14-3-5-28-9-14/h3*6-8,11-14H,2-5,9-10H2,1H3. The fraction of sp³-hybridized carbons (Fsp3) is 0.429. The van der Waals surface area contributed by atoms with Crippen molar-refractivity contribution in [2.45, 2.75) is 77.4 Å². The van der Waals surface area contributed by atoms with Crippen LogP contribution in [0.15, 0.2) is 87.7 Å². The number of nitrogens with zero attached hydrogens (tertiary/aromatic N) is 15. The summed E-state index contributed by atoms with van der Waals surface area (Å²) >= 11 is 4.57. The summed E-state index contributed by atoms with van der Waals surface area (Å²) in [7, 11) is 0. The van der Waals surface area contributed by atoms with E-state index in [1.807, 2.05) is 46.9 Å². The molecule has 21 nitrogen and oxygen atoms in total. The van der Waals surface area contributed by atoms with Crippen molar-refractivity contribution in [3.8, 4) is 52.1 Å². The molecule has 0 N–H and O–H groups in total. The van der Waals surface area contributed by atoms with Gasteiger partial charge in [-0.15, -0.1) is 34.0 Å². The third kappa shape index (κ3) is 14.3. The first kappa shape index (κ1) is 60.9. The molecular formula is C63H66F3N15O6S3. The first-order valence-corrected chi connectivity index (χ1v) is 33.0. The highest BCUT2D eigenvalue weighted by Gasteiger charge is 2.32. The van der Waals surface area contributed by atoms with Crippen molar-refractivity contribution in [3.05, 3.63) is 139 Å². The van der Waals surface area contributed by atoms with E-state index in [2.05, 4.69) is 80.3 Å². The van der Waals surface area contributed by atoms with Crippen molar-refractivity contribution < 1.29 is 41.6 Å². The molecule has 15 rings (SSSR count). The van der Waals surface area contributed by atoms with Crippen LogP contribution in [0.2, 0.25) is 0 Å². The average molecular weight is 1280 g/mol. The second-order valence-electron chi connectivity index (χ2n) is 22.8. The van der Waals surface area contributed by atoms with Gasteiger partial charge in [0.15, 0.2) is 17.5 Å².